The smallest absolute Gasteiger partial charge is 0.251 e. The number of ether oxygens (including phenoxy) is 1. The Hall–Kier alpha value is -2.51. The van der Waals surface area contributed by atoms with E-state index in [9.17, 15) is 13.2 Å². The molecule has 166 valence electrons. The number of nitrogens with one attached hydrogen (secondary N) is 1. The summed E-state index contributed by atoms with van der Waals surface area (Å²) >= 11 is 6.47. The number of nitrogens with zero attached hydrogens (tertiary/aromatic N) is 1. The summed E-state index contributed by atoms with van der Waals surface area (Å²) in [5.41, 5.74) is 1.96. The lowest BCUT2D eigenvalue weighted by Crippen LogP contribution is -2.46. The van der Waals surface area contributed by atoms with Crippen LogP contribution in [0.25, 0.3) is 0 Å². The van der Waals surface area contributed by atoms with Crippen molar-refractivity contribution in [2.45, 2.75) is 32.4 Å². The van der Waals surface area contributed by atoms with E-state index < -0.39 is 15.9 Å². The number of halogens is 1. The third-order valence-corrected chi connectivity index (χ3v) is 6.25. The first-order valence-electron chi connectivity index (χ1n) is 9.97. The maximum Gasteiger partial charge on any atom is 0.251 e. The Morgan fingerprint density at radius 3 is 2.65 bits per heavy atom. The van der Waals surface area contributed by atoms with Gasteiger partial charge in [-0.05, 0) is 50.6 Å². The molecule has 1 heterocycles. The second-order valence-corrected chi connectivity index (χ2v) is 10.5. The van der Waals surface area contributed by atoms with Crippen molar-refractivity contribution in [1.82, 2.24) is 5.32 Å². The molecule has 1 amide bonds. The molecule has 1 aliphatic rings. The van der Waals surface area contributed by atoms with Crippen LogP contribution in [0, 0.1) is 0 Å². The summed E-state index contributed by atoms with van der Waals surface area (Å²) in [7, 11) is -3.24. The Labute approximate surface area is 188 Å². The monoisotopic (exact) mass is 462 g/mol. The van der Waals surface area contributed by atoms with E-state index in [4.69, 9.17) is 16.3 Å². The van der Waals surface area contributed by atoms with E-state index >= 15 is 0 Å². The van der Waals surface area contributed by atoms with Gasteiger partial charge >= 0.3 is 0 Å². The molecule has 1 N–H and O–H groups in total. The van der Waals surface area contributed by atoms with Crippen LogP contribution in [-0.4, -0.2) is 39.8 Å². The molecule has 2 aromatic rings. The lowest BCUT2D eigenvalue weighted by molar-refractivity contribution is 0.0946. The molecular formula is C23H27ClN2O4S. The van der Waals surface area contributed by atoms with Crippen LogP contribution >= 0.6 is 11.6 Å². The van der Waals surface area contributed by atoms with Crippen molar-refractivity contribution in [1.29, 1.82) is 0 Å². The summed E-state index contributed by atoms with van der Waals surface area (Å²) < 4.78 is 28.4. The minimum absolute atomic E-state index is 0.306. The molecule has 0 fully saturated rings. The van der Waals surface area contributed by atoms with E-state index in [1.807, 2.05) is 30.3 Å². The first-order chi connectivity index (χ1) is 14.5. The number of sulfone groups is 1. The maximum absolute atomic E-state index is 12.6. The molecule has 0 spiro atoms. The first-order valence-corrected chi connectivity index (χ1v) is 12.3. The molecule has 0 bridgehead atoms. The van der Waals surface area contributed by atoms with Crippen LogP contribution < -0.4 is 15.0 Å². The molecule has 31 heavy (non-hydrogen) atoms. The van der Waals surface area contributed by atoms with Crippen molar-refractivity contribution >= 4 is 33.0 Å². The van der Waals surface area contributed by atoms with Gasteiger partial charge in [0.1, 0.15) is 12.4 Å². The predicted molar refractivity (Wildman–Crippen MR) is 125 cm³/mol. The van der Waals surface area contributed by atoms with Gasteiger partial charge in [-0.2, -0.15) is 0 Å². The van der Waals surface area contributed by atoms with Crippen LogP contribution in [0.15, 0.2) is 53.9 Å². The topological polar surface area (TPSA) is 75.7 Å². The van der Waals surface area contributed by atoms with Crippen LogP contribution in [0.5, 0.6) is 5.75 Å². The average Bonchev–Trinajstić information content (AvgIpc) is 2.71. The summed E-state index contributed by atoms with van der Waals surface area (Å²) in [5, 5.41) is 4.56. The summed E-state index contributed by atoms with van der Waals surface area (Å²) in [6.45, 7) is 7.10. The van der Waals surface area contributed by atoms with E-state index in [0.29, 0.717) is 29.5 Å². The lowest BCUT2D eigenvalue weighted by atomic mass is 9.90. The van der Waals surface area contributed by atoms with Gasteiger partial charge < -0.3 is 15.0 Å². The van der Waals surface area contributed by atoms with Crippen LogP contribution in [0.1, 0.15) is 36.7 Å². The van der Waals surface area contributed by atoms with Crippen molar-refractivity contribution in [2.75, 3.05) is 24.3 Å². The van der Waals surface area contributed by atoms with Crippen LogP contribution in [0.4, 0.5) is 5.69 Å². The molecule has 0 unspecified atom stereocenters. The molecule has 1 atom stereocenters. The van der Waals surface area contributed by atoms with Crippen LogP contribution in [0.3, 0.4) is 0 Å². The van der Waals surface area contributed by atoms with Gasteiger partial charge in [-0.3, -0.25) is 4.79 Å². The molecule has 0 aromatic heterocycles. The van der Waals surface area contributed by atoms with Gasteiger partial charge in [0.2, 0.25) is 0 Å². The minimum atomic E-state index is -3.24. The second kappa shape index (κ2) is 8.93. The summed E-state index contributed by atoms with van der Waals surface area (Å²) in [4.78, 5) is 14.9. The van der Waals surface area contributed by atoms with Crippen molar-refractivity contribution in [3.63, 3.8) is 0 Å². The number of carbonyl (C=O) groups excluding carboxylic acids is 1. The highest BCUT2D eigenvalue weighted by molar-refractivity contribution is 7.93. The molecular weight excluding hydrogens is 436 g/mol. The van der Waals surface area contributed by atoms with Crippen molar-refractivity contribution in [3.8, 4) is 5.75 Å². The molecule has 0 saturated heterocycles. The maximum atomic E-state index is 12.6. The van der Waals surface area contributed by atoms with Crippen LogP contribution in [0.2, 0.25) is 5.02 Å². The number of amides is 1. The van der Waals surface area contributed by atoms with Gasteiger partial charge in [0.05, 0.1) is 17.8 Å². The third kappa shape index (κ3) is 5.40. The molecule has 6 nitrogen and oxygen atoms in total. The number of anilines is 1. The average molecular weight is 463 g/mol. The Kier molecular flexibility index (Phi) is 6.67. The Morgan fingerprint density at radius 1 is 1.26 bits per heavy atom. The van der Waals surface area contributed by atoms with Crippen molar-refractivity contribution in [3.05, 3.63) is 70.1 Å². The van der Waals surface area contributed by atoms with Gasteiger partial charge in [0, 0.05) is 28.3 Å². The zero-order valence-electron chi connectivity index (χ0n) is 18.1. The fourth-order valence-corrected chi connectivity index (χ4v) is 4.53. The van der Waals surface area contributed by atoms with Crippen molar-refractivity contribution in [2.24, 2.45) is 0 Å². The number of hydrogen-bond acceptors (Lipinski definition) is 5. The van der Waals surface area contributed by atoms with Gasteiger partial charge in [-0.15, -0.1) is 0 Å². The number of rotatable bonds is 6. The highest BCUT2D eigenvalue weighted by Gasteiger charge is 2.34. The standard InChI is InChI=1S/C23H27ClN2O4S/c1-16(11-14-31(4,28)29)25-22(27)17-9-10-20-21(15-17)30-13-12-26(20)23(2,3)18-7-5-6-8-19(18)24/h5-11,14-16H,12-13H2,1-4H3,(H,25,27)/b14-11+/t16-/m1/s1. The fraction of sp³-hybridized carbons (Fsp3) is 0.348. The molecule has 0 radical (unpaired) electrons. The molecule has 0 aliphatic carbocycles. The number of benzene rings is 2. The Morgan fingerprint density at radius 2 is 1.97 bits per heavy atom. The quantitative estimate of drug-likeness (QED) is 0.697. The van der Waals surface area contributed by atoms with E-state index in [1.165, 1.54) is 6.08 Å². The second-order valence-electron chi connectivity index (χ2n) is 8.14. The highest BCUT2D eigenvalue weighted by atomic mass is 35.5. The lowest BCUT2D eigenvalue weighted by Gasteiger charge is -2.44. The van der Waals surface area contributed by atoms with Crippen LogP contribution in [-0.2, 0) is 15.4 Å². The predicted octanol–water partition coefficient (Wildman–Crippen LogP) is 4.15. The first kappa shape index (κ1) is 23.2. The molecule has 8 heteroatoms. The third-order valence-electron chi connectivity index (χ3n) is 5.27. The SMILES string of the molecule is C[C@H](/C=C/S(C)(=O)=O)NC(=O)c1ccc2c(c1)OCCN2C(C)(C)c1ccccc1Cl. The number of carbonyl (C=O) groups is 1. The van der Waals surface area contributed by atoms with Crippen molar-refractivity contribution < 1.29 is 17.9 Å². The summed E-state index contributed by atoms with van der Waals surface area (Å²) in [6.07, 6.45) is 2.55. The number of fused-ring (bicyclic) bond motifs is 1. The Balaban J connectivity index is 1.84. The van der Waals surface area contributed by atoms with Gasteiger partial charge in [0.25, 0.3) is 5.91 Å². The largest absolute Gasteiger partial charge is 0.490 e. The van der Waals surface area contributed by atoms with Gasteiger partial charge in [0.15, 0.2) is 9.84 Å². The molecule has 3 rings (SSSR count). The van der Waals surface area contributed by atoms with E-state index in [2.05, 4.69) is 24.1 Å². The van der Waals surface area contributed by atoms with E-state index in [-0.39, 0.29) is 11.4 Å². The molecule has 2 aromatic carbocycles. The van der Waals surface area contributed by atoms with Gasteiger partial charge in [-0.1, -0.05) is 35.9 Å². The minimum Gasteiger partial charge on any atom is -0.490 e. The Bertz CT molecular complexity index is 1110. The highest BCUT2D eigenvalue weighted by Crippen LogP contribution is 2.42. The fourth-order valence-electron chi connectivity index (χ4n) is 3.64. The molecule has 1 aliphatic heterocycles. The normalized spacial score (nSPS) is 15.3. The summed E-state index contributed by atoms with van der Waals surface area (Å²) in [6, 6.07) is 12.7. The van der Waals surface area contributed by atoms with Gasteiger partial charge in [-0.25, -0.2) is 8.42 Å². The molecule has 0 saturated carbocycles. The van der Waals surface area contributed by atoms with E-state index in [0.717, 1.165) is 22.9 Å². The zero-order chi connectivity index (χ0) is 22.8. The summed E-state index contributed by atoms with van der Waals surface area (Å²) in [5.74, 6) is 0.317. The van der Waals surface area contributed by atoms with E-state index in [1.54, 1.807) is 19.1 Å². The number of hydrogen-bond donors (Lipinski definition) is 1. The zero-order valence-corrected chi connectivity index (χ0v) is 19.6.